The van der Waals surface area contributed by atoms with Gasteiger partial charge < -0.3 is 38.7 Å². The summed E-state index contributed by atoms with van der Waals surface area (Å²) < 4.78 is 2.42. The van der Waals surface area contributed by atoms with Crippen LogP contribution in [-0.2, 0) is 22.7 Å². The van der Waals surface area contributed by atoms with Crippen LogP contribution in [0.1, 0.15) is 79.1 Å². The molecule has 0 aromatic heterocycles. The van der Waals surface area contributed by atoms with Gasteiger partial charge in [0, 0.05) is 17.1 Å². The molecule has 0 saturated heterocycles. The van der Waals surface area contributed by atoms with Gasteiger partial charge in [0.1, 0.15) is 57.0 Å². The van der Waals surface area contributed by atoms with E-state index in [1.54, 1.807) is 0 Å². The Kier molecular flexibility index (Phi) is 43.8. The largest absolute Gasteiger partial charge is 0.358 e. The molecule has 0 bridgehead atoms. The Balaban J connectivity index is 0. The van der Waals surface area contributed by atoms with Crippen molar-refractivity contribution in [3.8, 4) is 0 Å². The molecule has 10 heteroatoms. The molecule has 0 saturated carbocycles. The van der Waals surface area contributed by atoms with E-state index in [1.807, 2.05) is 0 Å². The summed E-state index contributed by atoms with van der Waals surface area (Å²) in [6.07, 6.45) is 10.8. The van der Waals surface area contributed by atoms with Gasteiger partial charge in [-0.1, -0.05) is 199 Å². The Morgan fingerprint density at radius 1 is 0.268 bits per heavy atom. The summed E-state index contributed by atoms with van der Waals surface area (Å²) in [4.78, 5) is 0. The van der Waals surface area contributed by atoms with Gasteiger partial charge in [0.2, 0.25) is 0 Å². The number of halogens is 4. The minimum absolute atomic E-state index is 0. The van der Waals surface area contributed by atoms with Gasteiger partial charge in [-0.05, 0) is 123 Å². The van der Waals surface area contributed by atoms with Crippen molar-refractivity contribution in [1.82, 2.24) is 0 Å². The molecule has 0 heterocycles. The second kappa shape index (κ2) is 44.0. The summed E-state index contributed by atoms with van der Waals surface area (Å²) in [6, 6.07) is 87.7. The van der Waals surface area contributed by atoms with Crippen LogP contribution in [0, 0.1) is 29.7 Å². The Morgan fingerprint density at radius 3 is 0.476 bits per heavy atom. The molecule has 0 spiro atoms. The number of rotatable bonds is 20. The maximum absolute atomic E-state index is 3.27. The van der Waals surface area contributed by atoms with E-state index in [9.17, 15) is 0 Å². The molecule has 450 valence electrons. The molecule has 8 aromatic carbocycles. The third-order valence-electron chi connectivity index (χ3n) is 13.6. The number of hydrogen-bond donors (Lipinski definition) is 0. The zero-order chi connectivity index (χ0) is 55.9. The number of quaternary nitrogens is 2. The van der Waals surface area contributed by atoms with Gasteiger partial charge in [-0.2, -0.15) is 0 Å². The first-order valence-corrected chi connectivity index (χ1v) is 42.8. The standard InChI is InChI=1S/2C24H20P.2C10H24N.4CH3.4BrH.2Mn/c2*1-5-13-21(14-6-1)25(22-15-7-2-8-16-22,23-17-9-3-10-18-23)24-19-11-4-12-20-24;2*1-5-7-9-11(3,4)10-8-6-2;;;;;;;;;;/h2*1-20H;2*5-10H2,1-4H3;4*1H3;4*1H;;/q4*+1;4*-1;;;;;;+4/p-4. The number of benzene rings is 8. The monoisotopic (exact) mass is 1480 g/mol. The molecule has 0 aliphatic rings. The van der Waals surface area contributed by atoms with Gasteiger partial charge >= 0.3 is 62.1 Å². The molecule has 0 aliphatic heterocycles. The molecule has 8 aromatic rings. The van der Waals surface area contributed by atoms with Gasteiger partial charge in [-0.25, -0.2) is 0 Å². The van der Waals surface area contributed by atoms with Crippen LogP contribution in [0.2, 0.25) is 0 Å². The Bertz CT molecular complexity index is 2190. The van der Waals surface area contributed by atoms with Crippen molar-refractivity contribution in [2.45, 2.75) is 79.1 Å². The number of unbranched alkanes of at least 4 members (excludes halogenated alkanes) is 4. The van der Waals surface area contributed by atoms with Crippen LogP contribution >= 0.6 is 71.0 Å². The van der Waals surface area contributed by atoms with Crippen molar-refractivity contribution >= 4 is 113 Å². The van der Waals surface area contributed by atoms with E-state index in [1.165, 1.54) is 129 Å². The van der Waals surface area contributed by atoms with E-state index in [4.69, 9.17) is 0 Å². The van der Waals surface area contributed by atoms with Crippen LogP contribution in [-0.4, -0.2) is 63.3 Å². The molecule has 2 nitrogen and oxygen atoms in total. The predicted molar refractivity (Wildman–Crippen MR) is 387 cm³/mol. The van der Waals surface area contributed by atoms with Gasteiger partial charge in [0.25, 0.3) is 0 Å². The molecule has 8 rings (SSSR count). The summed E-state index contributed by atoms with van der Waals surface area (Å²) in [7, 11) is 5.54. The van der Waals surface area contributed by atoms with Crippen molar-refractivity contribution in [2.75, 3.05) is 54.4 Å². The minimum Gasteiger partial charge on any atom is -0.358 e. The number of hydrogen-bond acceptors (Lipinski definition) is 0. The molecule has 1 radical (unpaired) electrons. The average molecular weight is 1490 g/mol. The molecule has 0 unspecified atom stereocenters. The van der Waals surface area contributed by atoms with Crippen molar-refractivity contribution in [3.05, 3.63) is 272 Å². The van der Waals surface area contributed by atoms with Crippen LogP contribution in [0.5, 0.6) is 0 Å². The quantitative estimate of drug-likeness (QED) is 0.0309. The zero-order valence-electron chi connectivity index (χ0n) is 51.6. The minimum atomic E-state index is -1.91. The summed E-state index contributed by atoms with van der Waals surface area (Å²) in [5, 5.41) is 11.1. The third-order valence-corrected chi connectivity index (χ3v) is 22.2. The van der Waals surface area contributed by atoms with Gasteiger partial charge in [0.15, 0.2) is 0 Å². The molecule has 82 heavy (non-hydrogen) atoms. The van der Waals surface area contributed by atoms with Gasteiger partial charge in [-0.3, -0.25) is 0 Å². The smallest absolute Gasteiger partial charge is 0.144 e. The first-order valence-electron chi connectivity index (χ1n) is 27.5. The van der Waals surface area contributed by atoms with E-state index in [-0.39, 0.29) is 46.8 Å². The zero-order valence-corrected chi connectivity index (χ0v) is 62.1. The van der Waals surface area contributed by atoms with Crippen LogP contribution in [0.3, 0.4) is 0 Å². The van der Waals surface area contributed by atoms with E-state index in [2.05, 4.69) is 355 Å². The fraction of sp³-hybridized carbons (Fsp3) is 0.278. The molecule has 0 atom stereocenters. The van der Waals surface area contributed by atoms with Gasteiger partial charge in [-0.15, -0.1) is 0 Å². The maximum atomic E-state index is 3.27. The van der Waals surface area contributed by atoms with E-state index >= 15 is 0 Å². The van der Waals surface area contributed by atoms with Crippen LogP contribution in [0.4, 0.5) is 0 Å². The number of nitrogens with zero attached hydrogens (tertiary/aromatic N) is 2. The van der Waals surface area contributed by atoms with Crippen LogP contribution in [0.15, 0.2) is 243 Å². The molecular formula is C72H100Br4Mn2N2P2. The Hall–Kier alpha value is -2.50. The normalized spacial score (nSPS) is 11.0. The molecular weight excluding hydrogens is 1380 g/mol. The topological polar surface area (TPSA) is 0 Å². The van der Waals surface area contributed by atoms with Crippen molar-refractivity contribution in [3.63, 3.8) is 0 Å². The predicted octanol–water partition coefficient (Wildman–Crippen LogP) is 19.1. The SMILES string of the molecule is CCCC[N+](C)(C)CCCC.CCCC[N+](C)(C)CCCC.[Br][Mn]([Br])([Br])[Br].[CH3-].[CH3-].[CH3-].[CH3-].[Mn].c1ccc([P+](c2ccccc2)(c2ccccc2)c2ccccc2)cc1.c1ccc([P+](c2ccccc2)(c2ccccc2)c2ccccc2)cc1. The molecule has 0 N–H and O–H groups in total. The van der Waals surface area contributed by atoms with E-state index < -0.39 is 20.1 Å². The van der Waals surface area contributed by atoms with Crippen LogP contribution in [0.25, 0.3) is 0 Å². The maximum Gasteiger partial charge on any atom is 0.144 e. The molecule has 0 amide bonds. The van der Waals surface area contributed by atoms with Crippen LogP contribution < -0.4 is 42.4 Å². The van der Waals surface area contributed by atoms with E-state index in [0.717, 1.165) is 0 Å². The second-order valence-electron chi connectivity index (χ2n) is 20.5. The van der Waals surface area contributed by atoms with Crippen molar-refractivity contribution in [1.29, 1.82) is 0 Å². The van der Waals surface area contributed by atoms with E-state index in [0.29, 0.717) is 0 Å². The Morgan fingerprint density at radius 2 is 0.378 bits per heavy atom. The fourth-order valence-corrected chi connectivity index (χ4v) is 18.1. The Labute approximate surface area is 545 Å². The molecule has 0 aliphatic carbocycles. The third kappa shape index (κ3) is 27.0. The van der Waals surface area contributed by atoms with Crippen molar-refractivity contribution < 1.29 is 31.6 Å². The summed E-state index contributed by atoms with van der Waals surface area (Å²) in [6.45, 7) is 14.4. The van der Waals surface area contributed by atoms with Crippen molar-refractivity contribution in [2.24, 2.45) is 0 Å². The summed E-state index contributed by atoms with van der Waals surface area (Å²) >= 11 is 13.1. The fourth-order valence-electron chi connectivity index (χ4n) is 9.57. The molecule has 0 fully saturated rings. The summed E-state index contributed by atoms with van der Waals surface area (Å²) in [5.74, 6) is 0. The van der Waals surface area contributed by atoms with Gasteiger partial charge in [0.05, 0.1) is 54.4 Å². The summed E-state index contributed by atoms with van der Waals surface area (Å²) in [5.41, 5.74) is -1.38. The average Bonchev–Trinajstić information content (AvgIpc) is 3.46. The second-order valence-corrected chi connectivity index (χ2v) is 63.1. The first-order chi connectivity index (χ1) is 37.1. The first kappa shape index (κ1) is 81.6.